The summed E-state index contributed by atoms with van der Waals surface area (Å²) in [5, 5.41) is 18.7. The quantitative estimate of drug-likeness (QED) is 0.414. The van der Waals surface area contributed by atoms with Gasteiger partial charge >= 0.3 is 7.82 Å². The number of nitrogens with zero attached hydrogens (tertiary/aromatic N) is 5. The Morgan fingerprint density at radius 2 is 2.04 bits per heavy atom. The topological polar surface area (TPSA) is 164 Å². The van der Waals surface area contributed by atoms with E-state index in [9.17, 15) is 14.8 Å². The minimum atomic E-state index is -4.72. The number of ether oxygens (including phenoxy) is 1. The van der Waals surface area contributed by atoms with Crippen molar-refractivity contribution in [1.82, 2.24) is 23.9 Å². The third-order valence-corrected chi connectivity index (χ3v) is 4.80. The van der Waals surface area contributed by atoms with E-state index in [1.807, 2.05) is 0 Å². The molecule has 0 bridgehead atoms. The van der Waals surface area contributed by atoms with Gasteiger partial charge in [-0.15, -0.1) is 0 Å². The molecule has 0 aliphatic carbocycles. The first kappa shape index (κ1) is 17.5. The van der Waals surface area contributed by atoms with E-state index in [0.29, 0.717) is 22.5 Å². The number of aliphatic hydroxyl groups is 2. The van der Waals surface area contributed by atoms with Gasteiger partial charge in [0, 0.05) is 6.42 Å². The zero-order chi connectivity index (χ0) is 18.5. The third-order valence-electron chi connectivity index (χ3n) is 4.25. The molecule has 0 radical (unpaired) electrons. The lowest BCUT2D eigenvalue weighted by molar-refractivity contribution is -0.0425. The molecule has 3 aromatic heterocycles. The first-order valence-corrected chi connectivity index (χ1v) is 9.23. The van der Waals surface area contributed by atoms with Crippen molar-refractivity contribution in [1.29, 1.82) is 0 Å². The molecule has 1 aliphatic rings. The maximum atomic E-state index is 11.1. The standard InChI is InChI=1S/C13H16N5O7P/c19-3-7-2-14-12-11-13(16-6-17(7)12)18(5-15-11)10-1-8(9(4-20)24-10)25-26(21,22)23/h2,5-6,8-10,19-20H,1,3-4H2,(H2,21,22,23)/t8-,9+,10+/m0/s1. The Kier molecular flexibility index (Phi) is 4.28. The van der Waals surface area contributed by atoms with Crippen molar-refractivity contribution < 1.29 is 33.8 Å². The van der Waals surface area contributed by atoms with Gasteiger partial charge in [-0.1, -0.05) is 0 Å². The molecule has 4 rings (SSSR count). The molecule has 4 heterocycles. The van der Waals surface area contributed by atoms with Crippen LogP contribution in [0, 0.1) is 0 Å². The van der Waals surface area contributed by atoms with Crippen LogP contribution in [0.25, 0.3) is 16.8 Å². The summed E-state index contributed by atoms with van der Waals surface area (Å²) < 4.78 is 24.7. The van der Waals surface area contributed by atoms with Crippen molar-refractivity contribution in [2.75, 3.05) is 6.61 Å². The largest absolute Gasteiger partial charge is 0.469 e. The molecule has 0 spiro atoms. The first-order chi connectivity index (χ1) is 12.4. The van der Waals surface area contributed by atoms with Crippen LogP contribution < -0.4 is 0 Å². The van der Waals surface area contributed by atoms with E-state index in [4.69, 9.17) is 19.0 Å². The molecule has 140 valence electrons. The summed E-state index contributed by atoms with van der Waals surface area (Å²) in [6.45, 7) is -0.647. The van der Waals surface area contributed by atoms with Gasteiger partial charge in [0.15, 0.2) is 16.8 Å². The Morgan fingerprint density at radius 3 is 2.73 bits per heavy atom. The predicted octanol–water partition coefficient (Wildman–Crippen LogP) is -0.671. The number of phosphoric acid groups is 1. The second kappa shape index (κ2) is 6.35. The molecule has 26 heavy (non-hydrogen) atoms. The minimum Gasteiger partial charge on any atom is -0.394 e. The molecule has 0 unspecified atom stereocenters. The number of aliphatic hydroxyl groups excluding tert-OH is 2. The number of hydrogen-bond acceptors (Lipinski definition) is 8. The van der Waals surface area contributed by atoms with Crippen molar-refractivity contribution in [2.45, 2.75) is 31.5 Å². The van der Waals surface area contributed by atoms with E-state index in [1.165, 1.54) is 18.9 Å². The van der Waals surface area contributed by atoms with E-state index < -0.39 is 32.9 Å². The Labute approximate surface area is 145 Å². The lowest BCUT2D eigenvalue weighted by Gasteiger charge is -2.16. The van der Waals surface area contributed by atoms with Gasteiger partial charge in [-0.25, -0.2) is 19.5 Å². The first-order valence-electron chi connectivity index (χ1n) is 7.70. The average molecular weight is 385 g/mol. The van der Waals surface area contributed by atoms with Gasteiger partial charge in [-0.3, -0.25) is 13.5 Å². The highest BCUT2D eigenvalue weighted by molar-refractivity contribution is 7.46. The molecule has 0 aromatic carbocycles. The van der Waals surface area contributed by atoms with Crippen molar-refractivity contribution in [3.05, 3.63) is 24.5 Å². The molecular weight excluding hydrogens is 369 g/mol. The Balaban J connectivity index is 1.70. The van der Waals surface area contributed by atoms with Crippen molar-refractivity contribution in [3.8, 4) is 0 Å². The van der Waals surface area contributed by atoms with E-state index in [0.717, 1.165) is 0 Å². The Hall–Kier alpha value is -1.92. The van der Waals surface area contributed by atoms with E-state index >= 15 is 0 Å². The molecule has 0 amide bonds. The van der Waals surface area contributed by atoms with Crippen molar-refractivity contribution in [2.24, 2.45) is 0 Å². The van der Waals surface area contributed by atoms with Gasteiger partial charge in [-0.2, -0.15) is 0 Å². The van der Waals surface area contributed by atoms with Gasteiger partial charge in [0.2, 0.25) is 0 Å². The fourth-order valence-electron chi connectivity index (χ4n) is 3.10. The summed E-state index contributed by atoms with van der Waals surface area (Å²) in [7, 11) is -4.72. The van der Waals surface area contributed by atoms with Crippen LogP contribution in [-0.4, -0.2) is 62.7 Å². The van der Waals surface area contributed by atoms with E-state index in [2.05, 4.69) is 15.0 Å². The van der Waals surface area contributed by atoms with Gasteiger partial charge < -0.3 is 24.7 Å². The summed E-state index contributed by atoms with van der Waals surface area (Å²) in [6.07, 6.45) is 2.06. The zero-order valence-corrected chi connectivity index (χ0v) is 14.2. The Morgan fingerprint density at radius 1 is 1.23 bits per heavy atom. The van der Waals surface area contributed by atoms with Crippen LogP contribution in [0.4, 0.5) is 0 Å². The third kappa shape index (κ3) is 2.91. The summed E-state index contributed by atoms with van der Waals surface area (Å²) in [4.78, 5) is 30.9. The summed E-state index contributed by atoms with van der Waals surface area (Å²) in [6, 6.07) is 0. The van der Waals surface area contributed by atoms with Crippen LogP contribution in [-0.2, 0) is 20.4 Å². The number of hydrogen-bond donors (Lipinski definition) is 4. The lowest BCUT2D eigenvalue weighted by Crippen LogP contribution is -2.26. The summed E-state index contributed by atoms with van der Waals surface area (Å²) >= 11 is 0. The summed E-state index contributed by atoms with van der Waals surface area (Å²) in [5.41, 5.74) is 2.01. The van der Waals surface area contributed by atoms with Crippen molar-refractivity contribution >= 4 is 24.6 Å². The molecule has 13 heteroatoms. The van der Waals surface area contributed by atoms with Crippen LogP contribution >= 0.6 is 7.82 Å². The molecular formula is C13H16N5O7P. The lowest BCUT2D eigenvalue weighted by atomic mass is 10.2. The van der Waals surface area contributed by atoms with Crippen LogP contribution in [0.1, 0.15) is 18.3 Å². The van der Waals surface area contributed by atoms with Gasteiger partial charge in [-0.05, 0) is 0 Å². The smallest absolute Gasteiger partial charge is 0.394 e. The molecule has 1 aliphatic heterocycles. The highest BCUT2D eigenvalue weighted by atomic mass is 31.2. The molecule has 1 fully saturated rings. The Bertz CT molecular complexity index is 998. The van der Waals surface area contributed by atoms with Gasteiger partial charge in [0.1, 0.15) is 24.8 Å². The fraction of sp³-hybridized carbons (Fsp3) is 0.462. The maximum Gasteiger partial charge on any atom is 0.469 e. The van der Waals surface area contributed by atoms with Gasteiger partial charge in [0.25, 0.3) is 0 Å². The van der Waals surface area contributed by atoms with Crippen LogP contribution in [0.3, 0.4) is 0 Å². The van der Waals surface area contributed by atoms with Crippen LogP contribution in [0.2, 0.25) is 0 Å². The maximum absolute atomic E-state index is 11.1. The minimum absolute atomic E-state index is 0.102. The van der Waals surface area contributed by atoms with E-state index in [-0.39, 0.29) is 13.0 Å². The number of imidazole rings is 2. The number of rotatable bonds is 5. The highest BCUT2D eigenvalue weighted by Gasteiger charge is 2.40. The summed E-state index contributed by atoms with van der Waals surface area (Å²) in [5.74, 6) is 0. The second-order valence-electron chi connectivity index (χ2n) is 5.85. The van der Waals surface area contributed by atoms with E-state index in [1.54, 1.807) is 8.97 Å². The van der Waals surface area contributed by atoms with Crippen molar-refractivity contribution in [3.63, 3.8) is 0 Å². The molecule has 12 nitrogen and oxygen atoms in total. The SMILES string of the molecule is O=P(O)(O)O[C@H]1C[C@H](n2cnc3c2ncn2c(CO)cnc32)O[C@@H]1CO. The molecule has 0 saturated carbocycles. The fourth-order valence-corrected chi connectivity index (χ4v) is 3.68. The van der Waals surface area contributed by atoms with Crippen LogP contribution in [0.15, 0.2) is 18.9 Å². The molecule has 4 N–H and O–H groups in total. The zero-order valence-electron chi connectivity index (χ0n) is 13.3. The number of phosphoric ester groups is 1. The monoisotopic (exact) mass is 385 g/mol. The normalized spacial score (nSPS) is 24.1. The number of fused-ring (bicyclic) bond motifs is 3. The average Bonchev–Trinajstić information content (AvgIpc) is 3.27. The van der Waals surface area contributed by atoms with Gasteiger partial charge in [0.05, 0.1) is 31.4 Å². The molecule has 3 atom stereocenters. The molecule has 3 aromatic rings. The second-order valence-corrected chi connectivity index (χ2v) is 7.04. The van der Waals surface area contributed by atoms with Crippen LogP contribution in [0.5, 0.6) is 0 Å². The number of aromatic nitrogens is 5. The molecule has 1 saturated heterocycles. The highest BCUT2D eigenvalue weighted by Crippen LogP contribution is 2.43. The predicted molar refractivity (Wildman–Crippen MR) is 84.7 cm³/mol.